The van der Waals surface area contributed by atoms with Crippen LogP contribution in [0.25, 0.3) is 0 Å². The van der Waals surface area contributed by atoms with Crippen molar-refractivity contribution in [3.63, 3.8) is 0 Å². The molecule has 0 saturated carbocycles. The van der Waals surface area contributed by atoms with Crippen LogP contribution >= 0.6 is 0 Å². The lowest BCUT2D eigenvalue weighted by molar-refractivity contribution is -0.196. The molecule has 4 rings (SSSR count). The summed E-state index contributed by atoms with van der Waals surface area (Å²) in [5.74, 6) is 0.805. The van der Waals surface area contributed by atoms with Crippen molar-refractivity contribution in [2.24, 2.45) is 0 Å². The van der Waals surface area contributed by atoms with Gasteiger partial charge in [0.25, 0.3) is 0 Å². The second kappa shape index (κ2) is 10.2. The lowest BCUT2D eigenvalue weighted by atomic mass is 9.91. The number of imidazole rings is 1. The maximum atomic E-state index is 6.53. The minimum atomic E-state index is -0.820. The summed E-state index contributed by atoms with van der Waals surface area (Å²) >= 11 is 0. The minimum absolute atomic E-state index is 0.0146. The summed E-state index contributed by atoms with van der Waals surface area (Å²) in [5, 5.41) is 0. The molecule has 3 aromatic rings. The van der Waals surface area contributed by atoms with Gasteiger partial charge >= 0.3 is 0 Å². The van der Waals surface area contributed by atoms with Gasteiger partial charge in [0.2, 0.25) is 0 Å². The highest BCUT2D eigenvalue weighted by atomic mass is 16.8. The van der Waals surface area contributed by atoms with Gasteiger partial charge in [-0.3, -0.25) is 0 Å². The van der Waals surface area contributed by atoms with Gasteiger partial charge in [0.15, 0.2) is 5.79 Å². The van der Waals surface area contributed by atoms with Crippen LogP contribution in [0.4, 0.5) is 0 Å². The number of nitrogens with zero attached hydrogens (tertiary/aromatic N) is 2. The molecule has 3 unspecified atom stereocenters. The molecular weight excluding hydrogens is 408 g/mol. The van der Waals surface area contributed by atoms with E-state index in [0.717, 1.165) is 22.6 Å². The van der Waals surface area contributed by atoms with E-state index in [1.165, 1.54) is 0 Å². The highest BCUT2D eigenvalue weighted by molar-refractivity contribution is 5.30. The first-order chi connectivity index (χ1) is 15.6. The Morgan fingerprint density at radius 3 is 2.66 bits per heavy atom. The van der Waals surface area contributed by atoms with Crippen molar-refractivity contribution in [3.05, 3.63) is 78.4 Å². The molecule has 1 aromatic heterocycles. The fraction of sp³-hybridized carbons (Fsp3) is 0.400. The Morgan fingerprint density at radius 2 is 1.94 bits per heavy atom. The first kappa shape index (κ1) is 22.3. The van der Waals surface area contributed by atoms with E-state index in [4.69, 9.17) is 23.7 Å². The van der Waals surface area contributed by atoms with Crippen molar-refractivity contribution in [2.45, 2.75) is 37.9 Å². The van der Waals surface area contributed by atoms with Crippen LogP contribution in [0.1, 0.15) is 24.0 Å². The van der Waals surface area contributed by atoms with Crippen LogP contribution in [0.5, 0.6) is 11.5 Å². The summed E-state index contributed by atoms with van der Waals surface area (Å²) in [5.41, 5.74) is 2.17. The molecule has 2 aromatic carbocycles. The van der Waals surface area contributed by atoms with Crippen LogP contribution in [0.3, 0.4) is 0 Å². The lowest BCUT2D eigenvalue weighted by Gasteiger charge is -2.34. The van der Waals surface area contributed by atoms with Gasteiger partial charge in [-0.2, -0.15) is 0 Å². The van der Waals surface area contributed by atoms with Crippen LogP contribution in [0, 0.1) is 0 Å². The molecule has 0 aliphatic carbocycles. The second-order valence-corrected chi connectivity index (χ2v) is 7.96. The molecular formula is C25H30N2O5. The standard InChI is InChI=1S/C25H30N2O5/c1-19(21-7-9-22(28-2)10-8-21)25(17-27-12-11-26-18-27)31-16-24(32-25)15-30-14-20-5-4-6-23(13-20)29-3/h4-13,18-19,24H,14-17H2,1-3H3. The second-order valence-electron chi connectivity index (χ2n) is 7.96. The van der Waals surface area contributed by atoms with Crippen molar-refractivity contribution in [1.29, 1.82) is 0 Å². The Balaban J connectivity index is 1.43. The highest BCUT2D eigenvalue weighted by Gasteiger charge is 2.47. The Bertz CT molecular complexity index is 976. The zero-order chi connectivity index (χ0) is 22.4. The third kappa shape index (κ3) is 5.12. The fourth-order valence-electron chi connectivity index (χ4n) is 3.96. The number of rotatable bonds is 10. The van der Waals surface area contributed by atoms with E-state index >= 15 is 0 Å². The monoisotopic (exact) mass is 438 g/mol. The molecule has 1 fully saturated rings. The number of benzene rings is 2. The average Bonchev–Trinajstić information content (AvgIpc) is 3.50. The smallest absolute Gasteiger partial charge is 0.193 e. The first-order valence-electron chi connectivity index (χ1n) is 10.7. The van der Waals surface area contributed by atoms with Crippen molar-refractivity contribution in [1.82, 2.24) is 9.55 Å². The van der Waals surface area contributed by atoms with Gasteiger partial charge in [-0.15, -0.1) is 0 Å². The van der Waals surface area contributed by atoms with E-state index in [0.29, 0.717) is 26.4 Å². The van der Waals surface area contributed by atoms with Gasteiger partial charge in [-0.1, -0.05) is 31.2 Å². The number of aromatic nitrogens is 2. The SMILES string of the molecule is COc1ccc(C(C)C2(Cn3ccnc3)OCC(COCc3cccc(OC)c3)O2)cc1. The molecule has 170 valence electrons. The van der Waals surface area contributed by atoms with Gasteiger partial charge in [0, 0.05) is 18.3 Å². The predicted octanol–water partition coefficient (Wildman–Crippen LogP) is 4.03. The molecule has 0 N–H and O–H groups in total. The van der Waals surface area contributed by atoms with Crippen molar-refractivity contribution in [3.8, 4) is 11.5 Å². The molecule has 3 atom stereocenters. The molecule has 0 bridgehead atoms. The Labute approximate surface area is 188 Å². The van der Waals surface area contributed by atoms with Crippen LogP contribution in [0.2, 0.25) is 0 Å². The minimum Gasteiger partial charge on any atom is -0.497 e. The van der Waals surface area contributed by atoms with Crippen LogP contribution in [-0.2, 0) is 27.4 Å². The summed E-state index contributed by atoms with van der Waals surface area (Å²) in [7, 11) is 3.33. The zero-order valence-electron chi connectivity index (χ0n) is 18.8. The number of hydrogen-bond donors (Lipinski definition) is 0. The summed E-state index contributed by atoms with van der Waals surface area (Å²) < 4.78 is 31.4. The molecule has 1 saturated heterocycles. The molecule has 32 heavy (non-hydrogen) atoms. The first-order valence-corrected chi connectivity index (χ1v) is 10.7. The molecule has 1 aliphatic rings. The van der Waals surface area contributed by atoms with Gasteiger partial charge in [-0.25, -0.2) is 4.98 Å². The molecule has 1 aliphatic heterocycles. The molecule has 0 radical (unpaired) electrons. The van der Waals surface area contributed by atoms with Crippen molar-refractivity contribution < 1.29 is 23.7 Å². The topological polar surface area (TPSA) is 64.0 Å². The zero-order valence-corrected chi connectivity index (χ0v) is 18.8. The normalized spacial score (nSPS) is 21.4. The van der Waals surface area contributed by atoms with E-state index in [-0.39, 0.29) is 12.0 Å². The third-order valence-corrected chi connectivity index (χ3v) is 5.82. The Kier molecular flexibility index (Phi) is 7.09. The number of methoxy groups -OCH3 is 2. The Hall–Kier alpha value is -2.87. The lowest BCUT2D eigenvalue weighted by Crippen LogP contribution is -2.41. The maximum absolute atomic E-state index is 6.53. The maximum Gasteiger partial charge on any atom is 0.193 e. The summed E-state index contributed by atoms with van der Waals surface area (Å²) in [6.07, 6.45) is 5.30. The number of ether oxygens (including phenoxy) is 5. The third-order valence-electron chi connectivity index (χ3n) is 5.82. The highest BCUT2D eigenvalue weighted by Crippen LogP contribution is 2.39. The summed E-state index contributed by atoms with van der Waals surface area (Å²) in [6, 6.07) is 15.9. The van der Waals surface area contributed by atoms with Gasteiger partial charge in [0.1, 0.15) is 17.6 Å². The van der Waals surface area contributed by atoms with Crippen molar-refractivity contribution in [2.75, 3.05) is 27.4 Å². The van der Waals surface area contributed by atoms with E-state index in [1.807, 2.05) is 47.2 Å². The number of hydrogen-bond acceptors (Lipinski definition) is 6. The molecule has 2 heterocycles. The van der Waals surface area contributed by atoms with Crippen LogP contribution in [-0.4, -0.2) is 48.9 Å². The van der Waals surface area contributed by atoms with Crippen molar-refractivity contribution >= 4 is 0 Å². The summed E-state index contributed by atoms with van der Waals surface area (Å²) in [6.45, 7) is 4.05. The fourth-order valence-corrected chi connectivity index (χ4v) is 3.96. The Morgan fingerprint density at radius 1 is 1.12 bits per heavy atom. The van der Waals surface area contributed by atoms with E-state index in [1.54, 1.807) is 26.7 Å². The van der Waals surface area contributed by atoms with E-state index < -0.39 is 5.79 Å². The van der Waals surface area contributed by atoms with E-state index in [2.05, 4.69) is 24.0 Å². The molecule has 7 heteroatoms. The quantitative estimate of drug-likeness (QED) is 0.476. The van der Waals surface area contributed by atoms with Gasteiger partial charge in [0.05, 0.1) is 46.9 Å². The average molecular weight is 439 g/mol. The largest absolute Gasteiger partial charge is 0.497 e. The van der Waals surface area contributed by atoms with Gasteiger partial charge < -0.3 is 28.3 Å². The molecule has 0 amide bonds. The van der Waals surface area contributed by atoms with Gasteiger partial charge in [-0.05, 0) is 35.4 Å². The summed E-state index contributed by atoms with van der Waals surface area (Å²) in [4.78, 5) is 4.17. The van der Waals surface area contributed by atoms with Crippen LogP contribution < -0.4 is 9.47 Å². The molecule has 7 nitrogen and oxygen atoms in total. The molecule has 0 spiro atoms. The predicted molar refractivity (Wildman–Crippen MR) is 120 cm³/mol. The van der Waals surface area contributed by atoms with E-state index in [9.17, 15) is 0 Å². The van der Waals surface area contributed by atoms with Crippen LogP contribution in [0.15, 0.2) is 67.3 Å².